The fourth-order valence-corrected chi connectivity index (χ4v) is 7.74. The van der Waals surface area contributed by atoms with Gasteiger partial charge in [0.2, 0.25) is 0 Å². The number of aromatic nitrogens is 4. The van der Waals surface area contributed by atoms with E-state index >= 15 is 0 Å². The molecule has 0 saturated carbocycles. The Morgan fingerprint density at radius 3 is 1.58 bits per heavy atom. The average Bonchev–Trinajstić information content (AvgIpc) is 3.54. The van der Waals surface area contributed by atoms with Crippen molar-refractivity contribution in [3.05, 3.63) is 146 Å². The molecule has 0 N–H and O–H groups in total. The summed E-state index contributed by atoms with van der Waals surface area (Å²) in [5, 5.41) is 2.48. The summed E-state index contributed by atoms with van der Waals surface area (Å²) in [7, 11) is 0. The predicted octanol–water partition coefficient (Wildman–Crippen LogP) is 8.96. The van der Waals surface area contributed by atoms with Crippen molar-refractivity contribution in [3.63, 3.8) is 0 Å². The summed E-state index contributed by atoms with van der Waals surface area (Å²) in [5.74, 6) is 1.97. The van der Waals surface area contributed by atoms with Gasteiger partial charge in [-0.05, 0) is 0 Å². The van der Waals surface area contributed by atoms with Gasteiger partial charge in [-0.1, -0.05) is 12.1 Å². The second kappa shape index (κ2) is 10.9. The molecule has 0 radical (unpaired) electrons. The fourth-order valence-electron chi connectivity index (χ4n) is 5.44. The molecule has 5 heteroatoms. The Morgan fingerprint density at radius 1 is 0.395 bits per heavy atom. The van der Waals surface area contributed by atoms with Crippen molar-refractivity contribution in [3.8, 4) is 55.4 Å². The van der Waals surface area contributed by atoms with Gasteiger partial charge in [-0.2, -0.15) is 0 Å². The van der Waals surface area contributed by atoms with Crippen LogP contribution in [0.4, 0.5) is 0 Å². The molecule has 0 fully saturated rings. The monoisotopic (exact) mass is 616 g/mol. The van der Waals surface area contributed by atoms with Crippen LogP contribution in [0.5, 0.6) is 0 Å². The summed E-state index contributed by atoms with van der Waals surface area (Å²) in [5.41, 5.74) is 7.38. The van der Waals surface area contributed by atoms with Crippen molar-refractivity contribution in [2.24, 2.45) is 0 Å². The van der Waals surface area contributed by atoms with Gasteiger partial charge < -0.3 is 0 Å². The number of nitrogens with zero attached hydrogens (tertiary/aromatic N) is 4. The minimum atomic E-state index is 0.123. The molecular formula is C38H24N4Se. The Balaban J connectivity index is 1.30. The van der Waals surface area contributed by atoms with Crippen LogP contribution in [0.1, 0.15) is 0 Å². The first-order chi connectivity index (χ1) is 21.3. The summed E-state index contributed by atoms with van der Waals surface area (Å²) in [4.78, 5) is 19.9. The zero-order valence-electron chi connectivity index (χ0n) is 23.1. The van der Waals surface area contributed by atoms with Crippen LogP contribution in [0.3, 0.4) is 0 Å². The predicted molar refractivity (Wildman–Crippen MR) is 177 cm³/mol. The van der Waals surface area contributed by atoms with E-state index in [0.29, 0.717) is 17.5 Å². The summed E-state index contributed by atoms with van der Waals surface area (Å²) >= 11 is 0.123. The Labute approximate surface area is 255 Å². The SMILES string of the molecule is c1ccc(-c2nc(-c3ccccc3)nc(-c3ccccc3-c3ccc4ccc5nc(-c6ccccc6)[se]c5c4c3)n2)cc1. The molecule has 8 rings (SSSR count). The van der Waals surface area contributed by atoms with Crippen LogP contribution in [-0.4, -0.2) is 34.4 Å². The van der Waals surface area contributed by atoms with Crippen molar-refractivity contribution in [1.29, 1.82) is 0 Å². The Kier molecular flexibility index (Phi) is 6.45. The summed E-state index contributed by atoms with van der Waals surface area (Å²) in [6.07, 6.45) is 0. The average molecular weight is 616 g/mol. The zero-order chi connectivity index (χ0) is 28.6. The zero-order valence-corrected chi connectivity index (χ0v) is 24.8. The normalized spacial score (nSPS) is 11.3. The molecule has 8 aromatic rings. The Hall–Kier alpha value is -5.22. The van der Waals surface area contributed by atoms with E-state index in [1.165, 1.54) is 25.2 Å². The molecule has 2 aromatic heterocycles. The van der Waals surface area contributed by atoms with E-state index in [0.717, 1.165) is 33.3 Å². The van der Waals surface area contributed by atoms with Gasteiger partial charge in [0.05, 0.1) is 0 Å². The molecule has 0 atom stereocenters. The van der Waals surface area contributed by atoms with Crippen molar-refractivity contribution >= 4 is 35.1 Å². The van der Waals surface area contributed by atoms with E-state index in [1.54, 1.807) is 0 Å². The molecule has 6 aromatic carbocycles. The fraction of sp³-hybridized carbons (Fsp3) is 0. The van der Waals surface area contributed by atoms with Gasteiger partial charge in [0, 0.05) is 0 Å². The van der Waals surface area contributed by atoms with E-state index < -0.39 is 0 Å². The first-order valence-corrected chi connectivity index (χ1v) is 15.9. The number of fused-ring (bicyclic) bond motifs is 3. The van der Waals surface area contributed by atoms with Crippen molar-refractivity contribution in [2.45, 2.75) is 0 Å². The van der Waals surface area contributed by atoms with Gasteiger partial charge in [0.15, 0.2) is 0 Å². The van der Waals surface area contributed by atoms with E-state index in [-0.39, 0.29) is 14.5 Å². The Bertz CT molecular complexity index is 2170. The van der Waals surface area contributed by atoms with Gasteiger partial charge in [0.1, 0.15) is 0 Å². The van der Waals surface area contributed by atoms with E-state index in [9.17, 15) is 0 Å². The number of hydrogen-bond acceptors (Lipinski definition) is 4. The van der Waals surface area contributed by atoms with Gasteiger partial charge in [-0.3, -0.25) is 0 Å². The minimum absolute atomic E-state index is 0.123. The number of hydrogen-bond donors (Lipinski definition) is 0. The van der Waals surface area contributed by atoms with E-state index in [4.69, 9.17) is 19.9 Å². The first-order valence-electron chi connectivity index (χ1n) is 14.2. The second-order valence-corrected chi connectivity index (χ2v) is 12.4. The third kappa shape index (κ3) is 4.85. The third-order valence-corrected chi connectivity index (χ3v) is 9.99. The third-order valence-electron chi connectivity index (χ3n) is 7.57. The van der Waals surface area contributed by atoms with Crippen LogP contribution >= 0.6 is 0 Å². The summed E-state index contributed by atoms with van der Waals surface area (Å²) in [6, 6.07) is 50.2. The standard InChI is InChI=1S/C38H24N4Se/c1-4-12-26(13-5-1)35-40-36(27-14-6-2-7-15-27)42-37(41-35)31-19-11-10-18-30(31)29-21-20-25-22-23-33-34(32(25)24-29)43-38(39-33)28-16-8-3-9-17-28/h1-24H. The van der Waals surface area contributed by atoms with Crippen LogP contribution in [0.25, 0.3) is 76.0 Å². The van der Waals surface area contributed by atoms with Crippen LogP contribution in [-0.2, 0) is 0 Å². The van der Waals surface area contributed by atoms with Gasteiger partial charge in [-0.15, -0.1) is 0 Å². The molecule has 0 aliphatic carbocycles. The second-order valence-electron chi connectivity index (χ2n) is 10.3. The molecule has 0 amide bonds. The van der Waals surface area contributed by atoms with Gasteiger partial charge >= 0.3 is 244 Å². The summed E-state index contributed by atoms with van der Waals surface area (Å²) < 4.78 is 2.51. The van der Waals surface area contributed by atoms with E-state index in [1.807, 2.05) is 60.7 Å². The molecule has 2 heterocycles. The van der Waals surface area contributed by atoms with Crippen LogP contribution in [0.15, 0.2) is 146 Å². The first kappa shape index (κ1) is 25.5. The number of benzene rings is 6. The Morgan fingerprint density at radius 2 is 0.930 bits per heavy atom. The van der Waals surface area contributed by atoms with Crippen molar-refractivity contribution in [2.75, 3.05) is 0 Å². The summed E-state index contributed by atoms with van der Waals surface area (Å²) in [6.45, 7) is 0. The molecule has 0 saturated heterocycles. The van der Waals surface area contributed by atoms with Crippen LogP contribution in [0, 0.1) is 0 Å². The molecule has 0 spiro atoms. The molecule has 202 valence electrons. The molecule has 0 aliphatic heterocycles. The maximum absolute atomic E-state index is 5.03. The molecule has 43 heavy (non-hydrogen) atoms. The molecule has 4 nitrogen and oxygen atoms in total. The van der Waals surface area contributed by atoms with Crippen LogP contribution < -0.4 is 0 Å². The van der Waals surface area contributed by atoms with Crippen molar-refractivity contribution in [1.82, 2.24) is 19.9 Å². The van der Waals surface area contributed by atoms with Crippen molar-refractivity contribution < 1.29 is 0 Å². The van der Waals surface area contributed by atoms with E-state index in [2.05, 4.69) is 84.9 Å². The van der Waals surface area contributed by atoms with Gasteiger partial charge in [0.25, 0.3) is 0 Å². The maximum atomic E-state index is 5.03. The molecule has 0 aliphatic rings. The topological polar surface area (TPSA) is 51.6 Å². The van der Waals surface area contributed by atoms with Gasteiger partial charge in [-0.25, -0.2) is 0 Å². The quantitative estimate of drug-likeness (QED) is 0.181. The van der Waals surface area contributed by atoms with Crippen LogP contribution in [0.2, 0.25) is 0 Å². The molecule has 0 unspecified atom stereocenters. The molecule has 0 bridgehead atoms. The number of rotatable bonds is 5. The molecular weight excluding hydrogens is 591 g/mol.